The second-order valence-corrected chi connectivity index (χ2v) is 9.87. The Kier molecular flexibility index (Phi) is 7.44. The van der Waals surface area contributed by atoms with Crippen LogP contribution in [0.1, 0.15) is 55.5 Å². The third kappa shape index (κ3) is 5.88. The van der Waals surface area contributed by atoms with E-state index < -0.39 is 0 Å². The fourth-order valence-electron chi connectivity index (χ4n) is 4.47. The molecule has 172 valence electrons. The van der Waals surface area contributed by atoms with Gasteiger partial charge in [-0.15, -0.1) is 0 Å². The predicted molar refractivity (Wildman–Crippen MR) is 128 cm³/mol. The van der Waals surface area contributed by atoms with Crippen molar-refractivity contribution < 1.29 is 4.79 Å². The van der Waals surface area contributed by atoms with Crippen LogP contribution in [0.5, 0.6) is 0 Å². The Hall–Kier alpha value is -2.42. The molecule has 0 atom stereocenters. The van der Waals surface area contributed by atoms with Gasteiger partial charge in [-0.05, 0) is 64.4 Å². The standard InChI is InChI=1S/C23H33N7OS/c1-15-12-13-24-23(25-15)32-14-20(31)26-16-8-10-17(11-9-16)27-22-28-19-7-5-4-6-18(19)21(29-22)30(2)3/h12-13,16-17H,4-11,14H2,1-3H3,(H,26,31)(H,27,28,29). The number of anilines is 2. The summed E-state index contributed by atoms with van der Waals surface area (Å²) in [5.41, 5.74) is 3.43. The monoisotopic (exact) mass is 455 g/mol. The Morgan fingerprint density at radius 2 is 1.84 bits per heavy atom. The van der Waals surface area contributed by atoms with E-state index in [9.17, 15) is 4.79 Å². The topological polar surface area (TPSA) is 95.9 Å². The van der Waals surface area contributed by atoms with Crippen molar-refractivity contribution in [1.29, 1.82) is 0 Å². The first-order valence-electron chi connectivity index (χ1n) is 11.5. The highest BCUT2D eigenvalue weighted by atomic mass is 32.2. The van der Waals surface area contributed by atoms with E-state index in [1.54, 1.807) is 6.20 Å². The molecule has 0 bridgehead atoms. The molecule has 2 aromatic heterocycles. The number of carbonyl (C=O) groups is 1. The van der Waals surface area contributed by atoms with Gasteiger partial charge in [-0.3, -0.25) is 4.79 Å². The summed E-state index contributed by atoms with van der Waals surface area (Å²) in [6, 6.07) is 2.42. The molecule has 2 aliphatic rings. The van der Waals surface area contributed by atoms with Crippen molar-refractivity contribution >= 4 is 29.4 Å². The number of carbonyl (C=O) groups excluding carboxylic acids is 1. The van der Waals surface area contributed by atoms with Crippen molar-refractivity contribution in [2.75, 3.05) is 30.1 Å². The lowest BCUT2D eigenvalue weighted by molar-refractivity contribution is -0.119. The van der Waals surface area contributed by atoms with Gasteiger partial charge in [0.1, 0.15) is 5.82 Å². The normalized spacial score (nSPS) is 20.3. The SMILES string of the molecule is Cc1ccnc(SCC(=O)NC2CCC(Nc3nc4c(c(N(C)C)n3)CCCC4)CC2)n1. The quantitative estimate of drug-likeness (QED) is 0.486. The van der Waals surface area contributed by atoms with Crippen LogP contribution in [0.2, 0.25) is 0 Å². The molecule has 0 aliphatic heterocycles. The lowest BCUT2D eigenvalue weighted by atomic mass is 9.91. The Balaban J connectivity index is 1.26. The molecular formula is C23H33N7OS. The molecule has 2 aromatic rings. The molecule has 4 rings (SSSR count). The smallest absolute Gasteiger partial charge is 0.230 e. The molecule has 0 spiro atoms. The number of nitrogens with zero attached hydrogens (tertiary/aromatic N) is 5. The van der Waals surface area contributed by atoms with Crippen molar-refractivity contribution in [3.8, 4) is 0 Å². The first-order chi connectivity index (χ1) is 15.5. The van der Waals surface area contributed by atoms with Gasteiger partial charge in [0.15, 0.2) is 5.16 Å². The summed E-state index contributed by atoms with van der Waals surface area (Å²) >= 11 is 1.38. The minimum Gasteiger partial charge on any atom is -0.362 e. The van der Waals surface area contributed by atoms with Crippen LogP contribution in [0, 0.1) is 6.92 Å². The maximum atomic E-state index is 12.4. The first kappa shape index (κ1) is 22.8. The molecule has 8 nitrogen and oxygen atoms in total. The average molecular weight is 456 g/mol. The van der Waals surface area contributed by atoms with Crippen LogP contribution in [0.25, 0.3) is 0 Å². The van der Waals surface area contributed by atoms with Gasteiger partial charge in [-0.25, -0.2) is 15.0 Å². The third-order valence-electron chi connectivity index (χ3n) is 6.12. The van der Waals surface area contributed by atoms with E-state index in [1.165, 1.54) is 35.9 Å². The molecule has 0 aromatic carbocycles. The van der Waals surface area contributed by atoms with Crippen LogP contribution in [0.3, 0.4) is 0 Å². The fourth-order valence-corrected chi connectivity index (χ4v) is 5.16. The van der Waals surface area contributed by atoms with Crippen molar-refractivity contribution in [2.45, 2.75) is 75.5 Å². The van der Waals surface area contributed by atoms with Gasteiger partial charge in [0, 0.05) is 43.6 Å². The molecule has 0 unspecified atom stereocenters. The minimum atomic E-state index is 0.0464. The highest BCUT2D eigenvalue weighted by Crippen LogP contribution is 2.29. The van der Waals surface area contributed by atoms with Crippen LogP contribution < -0.4 is 15.5 Å². The number of fused-ring (bicyclic) bond motifs is 1. The maximum Gasteiger partial charge on any atom is 0.230 e. The molecule has 1 fully saturated rings. The Morgan fingerprint density at radius 3 is 2.59 bits per heavy atom. The summed E-state index contributed by atoms with van der Waals surface area (Å²) in [5, 5.41) is 7.39. The van der Waals surface area contributed by atoms with E-state index in [2.05, 4.69) is 39.6 Å². The summed E-state index contributed by atoms with van der Waals surface area (Å²) in [6.45, 7) is 1.93. The lowest BCUT2D eigenvalue weighted by Crippen LogP contribution is -2.41. The highest BCUT2D eigenvalue weighted by Gasteiger charge is 2.25. The predicted octanol–water partition coefficient (Wildman–Crippen LogP) is 3.15. The summed E-state index contributed by atoms with van der Waals surface area (Å²) in [7, 11) is 4.11. The number of amides is 1. The van der Waals surface area contributed by atoms with Gasteiger partial charge in [0.2, 0.25) is 11.9 Å². The maximum absolute atomic E-state index is 12.4. The third-order valence-corrected chi connectivity index (χ3v) is 6.98. The zero-order chi connectivity index (χ0) is 22.5. The first-order valence-corrected chi connectivity index (χ1v) is 12.5. The van der Waals surface area contributed by atoms with Gasteiger partial charge >= 0.3 is 0 Å². The lowest BCUT2D eigenvalue weighted by Gasteiger charge is -2.30. The zero-order valence-electron chi connectivity index (χ0n) is 19.2. The van der Waals surface area contributed by atoms with Crippen LogP contribution in [-0.2, 0) is 17.6 Å². The second kappa shape index (κ2) is 10.5. The molecule has 0 saturated heterocycles. The van der Waals surface area contributed by atoms with E-state index in [-0.39, 0.29) is 11.9 Å². The number of hydrogen-bond donors (Lipinski definition) is 2. The van der Waals surface area contributed by atoms with Crippen molar-refractivity contribution in [2.24, 2.45) is 0 Å². The van der Waals surface area contributed by atoms with Crippen LogP contribution in [0.15, 0.2) is 17.4 Å². The molecule has 32 heavy (non-hydrogen) atoms. The van der Waals surface area contributed by atoms with Gasteiger partial charge in [-0.1, -0.05) is 11.8 Å². The largest absolute Gasteiger partial charge is 0.362 e. The minimum absolute atomic E-state index is 0.0464. The summed E-state index contributed by atoms with van der Waals surface area (Å²) < 4.78 is 0. The zero-order valence-corrected chi connectivity index (χ0v) is 20.0. The van der Waals surface area contributed by atoms with Crippen LogP contribution in [-0.4, -0.2) is 57.8 Å². The van der Waals surface area contributed by atoms with Gasteiger partial charge < -0.3 is 15.5 Å². The average Bonchev–Trinajstić information content (AvgIpc) is 2.78. The molecular weight excluding hydrogens is 422 g/mol. The highest BCUT2D eigenvalue weighted by molar-refractivity contribution is 7.99. The van der Waals surface area contributed by atoms with E-state index in [4.69, 9.17) is 9.97 Å². The Labute approximate surface area is 194 Å². The molecule has 2 aliphatic carbocycles. The summed E-state index contributed by atoms with van der Waals surface area (Å²) in [5.74, 6) is 2.19. The fraction of sp³-hybridized carbons (Fsp3) is 0.609. The molecule has 0 radical (unpaired) electrons. The Morgan fingerprint density at radius 1 is 1.09 bits per heavy atom. The number of aromatic nitrogens is 4. The van der Waals surface area contributed by atoms with E-state index in [1.807, 2.05) is 13.0 Å². The number of hydrogen-bond acceptors (Lipinski definition) is 8. The van der Waals surface area contributed by atoms with Crippen molar-refractivity contribution in [3.05, 3.63) is 29.2 Å². The van der Waals surface area contributed by atoms with Crippen molar-refractivity contribution in [1.82, 2.24) is 25.3 Å². The van der Waals surface area contributed by atoms with E-state index >= 15 is 0 Å². The molecule has 2 heterocycles. The number of aryl methyl sites for hydroxylation is 2. The number of nitrogens with one attached hydrogen (secondary N) is 2. The summed E-state index contributed by atoms with van der Waals surface area (Å²) in [4.78, 5) is 32.7. The molecule has 9 heteroatoms. The van der Waals surface area contributed by atoms with Crippen LogP contribution in [0.4, 0.5) is 11.8 Å². The molecule has 1 amide bonds. The number of rotatable bonds is 7. The Bertz CT molecular complexity index is 944. The van der Waals surface area contributed by atoms with Gasteiger partial charge in [0.25, 0.3) is 0 Å². The van der Waals surface area contributed by atoms with Crippen LogP contribution >= 0.6 is 11.8 Å². The van der Waals surface area contributed by atoms with Gasteiger partial charge in [-0.2, -0.15) is 4.98 Å². The van der Waals surface area contributed by atoms with E-state index in [0.717, 1.165) is 56.0 Å². The van der Waals surface area contributed by atoms with Gasteiger partial charge in [0.05, 0.1) is 11.4 Å². The molecule has 1 saturated carbocycles. The second-order valence-electron chi connectivity index (χ2n) is 8.93. The summed E-state index contributed by atoms with van der Waals surface area (Å²) in [6.07, 6.45) is 10.2. The van der Waals surface area contributed by atoms with E-state index in [0.29, 0.717) is 17.0 Å². The molecule has 2 N–H and O–H groups in total. The number of thioether (sulfide) groups is 1. The van der Waals surface area contributed by atoms with Crippen molar-refractivity contribution in [3.63, 3.8) is 0 Å².